The van der Waals surface area contributed by atoms with E-state index in [0.717, 1.165) is 109 Å². The van der Waals surface area contributed by atoms with Gasteiger partial charge in [-0.15, -0.1) is 0 Å². The monoisotopic (exact) mass is 835 g/mol. The predicted octanol–water partition coefficient (Wildman–Crippen LogP) is 12.9. The average molecular weight is 835 g/mol. The van der Waals surface area contributed by atoms with E-state index in [-0.39, 0.29) is 42.7 Å². The minimum atomic E-state index is -0.890. The second kappa shape index (κ2) is 41.7. The summed E-state index contributed by atoms with van der Waals surface area (Å²) in [6, 6.07) is -0.632. The van der Waals surface area contributed by atoms with E-state index in [4.69, 9.17) is 14.2 Å². The van der Waals surface area contributed by atoms with Gasteiger partial charge in [-0.05, 0) is 96.3 Å². The highest BCUT2D eigenvalue weighted by Gasteiger charge is 2.31. The molecule has 0 bridgehead atoms. The molecule has 8 nitrogen and oxygen atoms in total. The summed E-state index contributed by atoms with van der Waals surface area (Å²) >= 11 is 0. The van der Waals surface area contributed by atoms with Crippen LogP contribution in [-0.2, 0) is 28.6 Å². The van der Waals surface area contributed by atoms with Gasteiger partial charge in [-0.1, -0.05) is 142 Å². The number of carbonyl (C=O) groups excluding carboxylic acids is 2. The summed E-state index contributed by atoms with van der Waals surface area (Å²) in [7, 11) is 5.49. The standard InChI is InChI=1S/C52H83NO7/c1-6-8-10-12-14-16-18-20-22-24-25-26-27-29-30-32-34-36-38-40-42-50(54)59-47-48(46-58-45-44-49(52(56)57)53(3,4)5)60-51(55)43-41-39-37-35-33-31-28-23-21-19-17-15-13-11-9-7-2/h8-11,14-17,20-23,25-26,29-31,33,48-49H,6-7,12-13,18-19,24,27-28,32,34-47H2,1-5H3/p+1/b10-8+,11-9+,16-14+,17-15+,22-20+,23-21+,26-25+,30-29+,33-31+. The van der Waals surface area contributed by atoms with Crippen LogP contribution in [0.15, 0.2) is 109 Å². The molecule has 0 saturated heterocycles. The minimum Gasteiger partial charge on any atom is -0.477 e. The number of rotatable bonds is 39. The third-order valence-electron chi connectivity index (χ3n) is 9.42. The molecular formula is C52H84NO7+. The van der Waals surface area contributed by atoms with Crippen molar-refractivity contribution < 1.29 is 38.2 Å². The van der Waals surface area contributed by atoms with Crippen LogP contribution >= 0.6 is 0 Å². The Hall–Kier alpha value is -4.01. The highest BCUT2D eigenvalue weighted by atomic mass is 16.6. The first kappa shape index (κ1) is 56.0. The Morgan fingerprint density at radius 1 is 0.500 bits per heavy atom. The molecule has 60 heavy (non-hydrogen) atoms. The maximum atomic E-state index is 12.7. The summed E-state index contributed by atoms with van der Waals surface area (Å²) < 4.78 is 17.2. The van der Waals surface area contributed by atoms with Crippen molar-refractivity contribution in [2.45, 2.75) is 161 Å². The number of carboxylic acid groups (broad SMARTS) is 1. The number of hydrogen-bond acceptors (Lipinski definition) is 6. The first-order valence-corrected chi connectivity index (χ1v) is 22.9. The van der Waals surface area contributed by atoms with Crippen molar-refractivity contribution in [3.63, 3.8) is 0 Å². The Balaban J connectivity index is 4.45. The van der Waals surface area contributed by atoms with Crippen molar-refractivity contribution in [2.24, 2.45) is 0 Å². The van der Waals surface area contributed by atoms with E-state index in [1.165, 1.54) is 0 Å². The second-order valence-electron chi connectivity index (χ2n) is 15.9. The molecule has 0 aromatic heterocycles. The fourth-order valence-electron chi connectivity index (χ4n) is 5.93. The molecule has 0 heterocycles. The third kappa shape index (κ3) is 39.5. The molecule has 2 unspecified atom stereocenters. The summed E-state index contributed by atoms with van der Waals surface area (Å²) in [4.78, 5) is 37.0. The molecular weight excluding hydrogens is 751 g/mol. The Morgan fingerprint density at radius 2 is 0.883 bits per heavy atom. The molecule has 0 aliphatic heterocycles. The van der Waals surface area contributed by atoms with E-state index in [0.29, 0.717) is 19.3 Å². The first-order chi connectivity index (χ1) is 29.1. The lowest BCUT2D eigenvalue weighted by Crippen LogP contribution is -2.50. The fourth-order valence-corrected chi connectivity index (χ4v) is 5.93. The third-order valence-corrected chi connectivity index (χ3v) is 9.42. The lowest BCUT2D eigenvalue weighted by molar-refractivity contribution is -0.887. The lowest BCUT2D eigenvalue weighted by Gasteiger charge is -2.31. The second-order valence-corrected chi connectivity index (χ2v) is 15.9. The average Bonchev–Trinajstić information content (AvgIpc) is 3.21. The van der Waals surface area contributed by atoms with Crippen LogP contribution in [0.3, 0.4) is 0 Å². The topological polar surface area (TPSA) is 99.1 Å². The SMILES string of the molecule is CC/C=C/C/C=C/C/C=C/C/C=C/C/C=C/CCCCCCC(=O)OCC(COCCC(C(=O)O)[N+](C)(C)C)OC(=O)CCCCC/C=C/C/C=C/C/C=C/C/C=C/CC. The molecule has 338 valence electrons. The van der Waals surface area contributed by atoms with Crippen LogP contribution in [0.2, 0.25) is 0 Å². The van der Waals surface area contributed by atoms with Gasteiger partial charge in [0.1, 0.15) is 6.61 Å². The van der Waals surface area contributed by atoms with Crippen molar-refractivity contribution in [3.8, 4) is 0 Å². The van der Waals surface area contributed by atoms with Gasteiger partial charge in [-0.2, -0.15) is 0 Å². The number of carbonyl (C=O) groups is 3. The van der Waals surface area contributed by atoms with E-state index in [1.807, 2.05) is 21.1 Å². The molecule has 0 rings (SSSR count). The molecule has 0 spiro atoms. The number of esters is 2. The van der Waals surface area contributed by atoms with Gasteiger partial charge < -0.3 is 23.8 Å². The predicted molar refractivity (Wildman–Crippen MR) is 252 cm³/mol. The number of allylic oxidation sites excluding steroid dienone is 18. The van der Waals surface area contributed by atoms with Gasteiger partial charge in [0.05, 0.1) is 34.4 Å². The lowest BCUT2D eigenvalue weighted by atomic mass is 10.1. The van der Waals surface area contributed by atoms with Gasteiger partial charge in [0.2, 0.25) is 0 Å². The van der Waals surface area contributed by atoms with Crippen LogP contribution in [0.4, 0.5) is 0 Å². The van der Waals surface area contributed by atoms with Crippen molar-refractivity contribution in [1.29, 1.82) is 0 Å². The Kier molecular flexibility index (Phi) is 38.9. The zero-order chi connectivity index (χ0) is 44.2. The fraction of sp³-hybridized carbons (Fsp3) is 0.596. The summed E-state index contributed by atoms with van der Waals surface area (Å²) in [6.45, 7) is 4.42. The van der Waals surface area contributed by atoms with Crippen LogP contribution in [0.1, 0.15) is 149 Å². The summed E-state index contributed by atoms with van der Waals surface area (Å²) in [6.07, 6.45) is 57.0. The van der Waals surface area contributed by atoms with E-state index >= 15 is 0 Å². The smallest absolute Gasteiger partial charge is 0.362 e. The maximum absolute atomic E-state index is 12.7. The number of aliphatic carboxylic acids is 1. The molecule has 0 amide bonds. The van der Waals surface area contributed by atoms with Crippen molar-refractivity contribution >= 4 is 17.9 Å². The molecule has 8 heteroatoms. The number of hydrogen-bond donors (Lipinski definition) is 1. The zero-order valence-electron chi connectivity index (χ0n) is 38.4. The molecule has 0 radical (unpaired) electrons. The number of ether oxygens (including phenoxy) is 3. The van der Waals surface area contributed by atoms with Gasteiger partial charge in [0.25, 0.3) is 0 Å². The van der Waals surface area contributed by atoms with Crippen molar-refractivity contribution in [1.82, 2.24) is 0 Å². The van der Waals surface area contributed by atoms with Crippen LogP contribution < -0.4 is 0 Å². The molecule has 0 aliphatic carbocycles. The number of likely N-dealkylation sites (N-methyl/N-ethyl adjacent to an activating group) is 1. The summed E-state index contributed by atoms with van der Waals surface area (Å²) in [5.41, 5.74) is 0. The highest BCUT2D eigenvalue weighted by Crippen LogP contribution is 2.12. The molecule has 0 aliphatic rings. The number of nitrogens with zero attached hydrogens (tertiary/aromatic N) is 1. The van der Waals surface area contributed by atoms with Gasteiger partial charge in [0, 0.05) is 19.3 Å². The van der Waals surface area contributed by atoms with Crippen molar-refractivity contribution in [2.75, 3.05) is 41.0 Å². The molecule has 0 saturated carbocycles. The van der Waals surface area contributed by atoms with Crippen molar-refractivity contribution in [3.05, 3.63) is 109 Å². The van der Waals surface area contributed by atoms with E-state index in [1.54, 1.807) is 0 Å². The quantitative estimate of drug-likeness (QED) is 0.0285. The molecule has 2 atom stereocenters. The first-order valence-electron chi connectivity index (χ1n) is 22.9. The number of unbranched alkanes of at least 4 members (excludes halogenated alkanes) is 7. The molecule has 0 aromatic rings. The van der Waals surface area contributed by atoms with Gasteiger partial charge in [0.15, 0.2) is 12.1 Å². The Labute approximate surface area is 366 Å². The summed E-state index contributed by atoms with van der Waals surface area (Å²) in [5.74, 6) is -1.56. The van der Waals surface area contributed by atoms with E-state index < -0.39 is 18.1 Å². The normalized spacial score (nSPS) is 13.9. The number of carboxylic acids is 1. The van der Waals surface area contributed by atoms with Gasteiger partial charge >= 0.3 is 17.9 Å². The molecule has 0 fully saturated rings. The molecule has 0 aromatic carbocycles. The Morgan fingerprint density at radius 3 is 1.30 bits per heavy atom. The van der Waals surface area contributed by atoms with Gasteiger partial charge in [-0.3, -0.25) is 9.59 Å². The highest BCUT2D eigenvalue weighted by molar-refractivity contribution is 5.72. The van der Waals surface area contributed by atoms with E-state index in [2.05, 4.69) is 123 Å². The van der Waals surface area contributed by atoms with Crippen LogP contribution in [-0.4, -0.2) is 80.6 Å². The van der Waals surface area contributed by atoms with Gasteiger partial charge in [-0.25, -0.2) is 4.79 Å². The van der Waals surface area contributed by atoms with Crippen LogP contribution in [0.5, 0.6) is 0 Å². The number of quaternary nitrogens is 1. The van der Waals surface area contributed by atoms with E-state index in [9.17, 15) is 19.5 Å². The van der Waals surface area contributed by atoms with Crippen LogP contribution in [0.25, 0.3) is 0 Å². The zero-order valence-corrected chi connectivity index (χ0v) is 38.4. The Bertz CT molecular complexity index is 1340. The largest absolute Gasteiger partial charge is 0.477 e. The molecule has 1 N–H and O–H groups in total. The maximum Gasteiger partial charge on any atom is 0.362 e. The minimum absolute atomic E-state index is 0.0319. The summed E-state index contributed by atoms with van der Waals surface area (Å²) in [5, 5.41) is 9.63. The van der Waals surface area contributed by atoms with Crippen LogP contribution in [0, 0.1) is 0 Å².